The van der Waals surface area contributed by atoms with Gasteiger partial charge in [0.25, 0.3) is 0 Å². The van der Waals surface area contributed by atoms with E-state index >= 15 is 0 Å². The zero-order chi connectivity index (χ0) is 13.8. The second kappa shape index (κ2) is 6.22. The van der Waals surface area contributed by atoms with Gasteiger partial charge in [-0.3, -0.25) is 0 Å². The number of hydrogen-bond donors (Lipinski definition) is 0. The van der Waals surface area contributed by atoms with E-state index < -0.39 is 0 Å². The average molecular weight is 296 g/mol. The average Bonchev–Trinajstić information content (AvgIpc) is 2.41. The molecule has 19 heavy (non-hydrogen) atoms. The van der Waals surface area contributed by atoms with E-state index in [0.717, 1.165) is 27.8 Å². The molecule has 3 nitrogen and oxygen atoms in total. The molecule has 0 aliphatic carbocycles. The van der Waals surface area contributed by atoms with Crippen LogP contribution in [-0.2, 0) is 12.4 Å². The Balaban J connectivity index is 2.27. The number of benzene rings is 1. The highest BCUT2D eigenvalue weighted by atomic mass is 35.5. The Labute approximate surface area is 123 Å². The predicted octanol–water partition coefficient (Wildman–Crippen LogP) is 3.81. The molecule has 100 valence electrons. The largest absolute Gasteiger partial charge is 0.355 e. The van der Waals surface area contributed by atoms with Crippen LogP contribution in [0.5, 0.6) is 0 Å². The smallest absolute Gasteiger partial charge is 0.136 e. The monoisotopic (exact) mass is 295 g/mol. The molecule has 0 aliphatic heterocycles. The van der Waals surface area contributed by atoms with Crippen molar-refractivity contribution in [3.05, 3.63) is 52.4 Å². The summed E-state index contributed by atoms with van der Waals surface area (Å²) in [5.41, 5.74) is 1.98. The van der Waals surface area contributed by atoms with E-state index in [1.165, 1.54) is 0 Å². The van der Waals surface area contributed by atoms with Crippen molar-refractivity contribution in [2.75, 3.05) is 11.9 Å². The molecular formula is C14H15Cl2N3. The standard InChI is InChI=1S/C14H15Cl2N3/c1-10-17-8-12(7-15)14(18-10)19(2)9-11-5-3-4-6-13(11)16/h3-6,8H,7,9H2,1-2H3. The van der Waals surface area contributed by atoms with Gasteiger partial charge in [0.05, 0.1) is 5.88 Å². The number of aryl methyl sites for hydroxylation is 1. The molecule has 0 radical (unpaired) electrons. The first kappa shape index (κ1) is 14.1. The molecule has 0 saturated carbocycles. The van der Waals surface area contributed by atoms with Crippen molar-refractivity contribution in [1.29, 1.82) is 0 Å². The van der Waals surface area contributed by atoms with Crippen molar-refractivity contribution in [2.24, 2.45) is 0 Å². The quantitative estimate of drug-likeness (QED) is 0.803. The third-order valence-electron chi connectivity index (χ3n) is 2.83. The first-order valence-corrected chi connectivity index (χ1v) is 6.86. The van der Waals surface area contributed by atoms with Crippen molar-refractivity contribution in [3.63, 3.8) is 0 Å². The molecule has 1 aromatic heterocycles. The van der Waals surface area contributed by atoms with Gasteiger partial charge in [-0.05, 0) is 18.6 Å². The summed E-state index contributed by atoms with van der Waals surface area (Å²) in [5.74, 6) is 1.97. The van der Waals surface area contributed by atoms with Crippen LogP contribution >= 0.6 is 23.2 Å². The number of alkyl halides is 1. The van der Waals surface area contributed by atoms with Gasteiger partial charge in [-0.1, -0.05) is 29.8 Å². The summed E-state index contributed by atoms with van der Waals surface area (Å²) in [5, 5.41) is 0.757. The summed E-state index contributed by atoms with van der Waals surface area (Å²) in [6.07, 6.45) is 1.77. The SMILES string of the molecule is Cc1ncc(CCl)c(N(C)Cc2ccccc2Cl)n1. The van der Waals surface area contributed by atoms with Crippen LogP contribution in [0.25, 0.3) is 0 Å². The van der Waals surface area contributed by atoms with E-state index in [1.807, 2.05) is 43.1 Å². The Morgan fingerprint density at radius 3 is 2.63 bits per heavy atom. The van der Waals surface area contributed by atoms with Crippen LogP contribution in [-0.4, -0.2) is 17.0 Å². The maximum absolute atomic E-state index is 6.18. The Morgan fingerprint density at radius 2 is 1.95 bits per heavy atom. The topological polar surface area (TPSA) is 29.0 Å². The summed E-state index contributed by atoms with van der Waals surface area (Å²) >= 11 is 12.1. The summed E-state index contributed by atoms with van der Waals surface area (Å²) < 4.78 is 0. The fourth-order valence-electron chi connectivity index (χ4n) is 1.86. The van der Waals surface area contributed by atoms with Gasteiger partial charge in [-0.25, -0.2) is 9.97 Å². The lowest BCUT2D eigenvalue weighted by Gasteiger charge is -2.21. The van der Waals surface area contributed by atoms with Gasteiger partial charge >= 0.3 is 0 Å². The second-order valence-corrected chi connectivity index (χ2v) is 5.02. The van der Waals surface area contributed by atoms with E-state index in [2.05, 4.69) is 9.97 Å². The molecule has 2 aromatic rings. The van der Waals surface area contributed by atoms with E-state index in [1.54, 1.807) is 6.20 Å². The van der Waals surface area contributed by atoms with Gasteiger partial charge in [0.2, 0.25) is 0 Å². The summed E-state index contributed by atoms with van der Waals surface area (Å²) in [7, 11) is 1.97. The second-order valence-electron chi connectivity index (χ2n) is 4.35. The molecule has 1 heterocycles. The molecule has 0 saturated heterocycles. The lowest BCUT2D eigenvalue weighted by molar-refractivity contribution is 0.867. The third-order valence-corrected chi connectivity index (χ3v) is 3.49. The molecule has 0 unspecified atom stereocenters. The number of nitrogens with zero attached hydrogens (tertiary/aromatic N) is 3. The molecular weight excluding hydrogens is 281 g/mol. The minimum absolute atomic E-state index is 0.391. The Bertz CT molecular complexity index is 572. The highest BCUT2D eigenvalue weighted by Crippen LogP contribution is 2.22. The van der Waals surface area contributed by atoms with Crippen LogP contribution in [0, 0.1) is 6.92 Å². The van der Waals surface area contributed by atoms with Crippen LogP contribution in [0.4, 0.5) is 5.82 Å². The maximum atomic E-state index is 6.18. The van der Waals surface area contributed by atoms with Crippen molar-refractivity contribution in [2.45, 2.75) is 19.3 Å². The molecule has 0 spiro atoms. The van der Waals surface area contributed by atoms with E-state index in [4.69, 9.17) is 23.2 Å². The van der Waals surface area contributed by atoms with Crippen molar-refractivity contribution >= 4 is 29.0 Å². The number of rotatable bonds is 4. The Kier molecular flexibility index (Phi) is 4.61. The molecule has 0 atom stereocenters. The fraction of sp³-hybridized carbons (Fsp3) is 0.286. The lowest BCUT2D eigenvalue weighted by Crippen LogP contribution is -2.20. The molecule has 1 aromatic carbocycles. The fourth-order valence-corrected chi connectivity index (χ4v) is 2.25. The predicted molar refractivity (Wildman–Crippen MR) is 79.9 cm³/mol. The first-order chi connectivity index (χ1) is 9.11. The molecule has 2 rings (SSSR count). The minimum Gasteiger partial charge on any atom is -0.355 e. The lowest BCUT2D eigenvalue weighted by atomic mass is 10.2. The number of halogens is 2. The molecule has 0 bridgehead atoms. The zero-order valence-corrected chi connectivity index (χ0v) is 12.4. The van der Waals surface area contributed by atoms with Gasteiger partial charge < -0.3 is 4.90 Å². The first-order valence-electron chi connectivity index (χ1n) is 5.95. The van der Waals surface area contributed by atoms with Gasteiger partial charge in [-0.15, -0.1) is 11.6 Å². The van der Waals surface area contributed by atoms with Crippen LogP contribution in [0.1, 0.15) is 17.0 Å². The highest BCUT2D eigenvalue weighted by molar-refractivity contribution is 6.31. The normalized spacial score (nSPS) is 10.5. The van der Waals surface area contributed by atoms with Crippen LogP contribution in [0.3, 0.4) is 0 Å². The summed E-state index contributed by atoms with van der Waals surface area (Å²) in [6, 6.07) is 7.79. The minimum atomic E-state index is 0.391. The number of hydrogen-bond acceptors (Lipinski definition) is 3. The Morgan fingerprint density at radius 1 is 1.21 bits per heavy atom. The summed E-state index contributed by atoms with van der Waals surface area (Å²) in [4.78, 5) is 10.7. The molecule has 5 heteroatoms. The van der Waals surface area contributed by atoms with Crippen molar-refractivity contribution in [1.82, 2.24) is 9.97 Å². The van der Waals surface area contributed by atoms with Crippen LogP contribution < -0.4 is 4.90 Å². The molecule has 0 N–H and O–H groups in total. The van der Waals surface area contributed by atoms with E-state index in [9.17, 15) is 0 Å². The maximum Gasteiger partial charge on any atom is 0.136 e. The third kappa shape index (κ3) is 3.37. The van der Waals surface area contributed by atoms with Crippen molar-refractivity contribution in [3.8, 4) is 0 Å². The van der Waals surface area contributed by atoms with Gasteiger partial charge in [0.15, 0.2) is 0 Å². The van der Waals surface area contributed by atoms with Crippen LogP contribution in [0.2, 0.25) is 5.02 Å². The molecule has 0 aliphatic rings. The van der Waals surface area contributed by atoms with Crippen molar-refractivity contribution < 1.29 is 0 Å². The van der Waals surface area contributed by atoms with Crippen LogP contribution in [0.15, 0.2) is 30.5 Å². The molecule has 0 fully saturated rings. The summed E-state index contributed by atoms with van der Waals surface area (Å²) in [6.45, 7) is 2.55. The highest BCUT2D eigenvalue weighted by Gasteiger charge is 2.11. The van der Waals surface area contributed by atoms with E-state index in [-0.39, 0.29) is 0 Å². The molecule has 0 amide bonds. The zero-order valence-electron chi connectivity index (χ0n) is 10.9. The number of anilines is 1. The van der Waals surface area contributed by atoms with Gasteiger partial charge in [0.1, 0.15) is 11.6 Å². The van der Waals surface area contributed by atoms with Gasteiger partial charge in [0, 0.05) is 30.4 Å². The number of aromatic nitrogens is 2. The Hall–Kier alpha value is -1.32. The van der Waals surface area contributed by atoms with E-state index in [0.29, 0.717) is 12.4 Å². The van der Waals surface area contributed by atoms with Gasteiger partial charge in [-0.2, -0.15) is 0 Å².